The van der Waals surface area contributed by atoms with E-state index in [9.17, 15) is 4.79 Å². The van der Waals surface area contributed by atoms with Crippen molar-refractivity contribution in [2.24, 2.45) is 0 Å². The van der Waals surface area contributed by atoms with E-state index in [2.05, 4.69) is 23.6 Å². The number of benzene rings is 1. The Balaban J connectivity index is 1.76. The van der Waals surface area contributed by atoms with Gasteiger partial charge in [-0.2, -0.15) is 0 Å². The molecule has 2 aliphatic heterocycles. The Kier molecular flexibility index (Phi) is 3.55. The molecular weight excluding hydrogens is 248 g/mol. The van der Waals surface area contributed by atoms with Gasteiger partial charge in [0, 0.05) is 36.8 Å². The van der Waals surface area contributed by atoms with Crippen LogP contribution < -0.4 is 0 Å². The van der Waals surface area contributed by atoms with Crippen LogP contribution in [0, 0.1) is 6.92 Å². The van der Waals surface area contributed by atoms with Gasteiger partial charge in [-0.15, -0.1) is 0 Å². The second-order valence-corrected chi connectivity index (χ2v) is 6.51. The molecule has 0 unspecified atom stereocenters. The van der Waals surface area contributed by atoms with E-state index in [-0.39, 0.29) is 5.91 Å². The summed E-state index contributed by atoms with van der Waals surface area (Å²) >= 11 is 0. The molecule has 2 atom stereocenters. The van der Waals surface area contributed by atoms with Crippen molar-refractivity contribution in [3.8, 4) is 0 Å². The number of aryl methyl sites for hydroxylation is 1. The van der Waals surface area contributed by atoms with Crippen LogP contribution >= 0.6 is 0 Å². The van der Waals surface area contributed by atoms with Crippen LogP contribution in [0.3, 0.4) is 0 Å². The van der Waals surface area contributed by atoms with Crippen molar-refractivity contribution in [2.45, 2.75) is 51.7 Å². The number of hydrogen-bond acceptors (Lipinski definition) is 2. The first-order chi connectivity index (χ1) is 9.56. The summed E-state index contributed by atoms with van der Waals surface area (Å²) in [4.78, 5) is 17.3. The average Bonchev–Trinajstić information content (AvgIpc) is 2.69. The number of fused-ring (bicyclic) bond motifs is 2. The molecule has 3 heteroatoms. The predicted octanol–water partition coefficient (Wildman–Crippen LogP) is 2.69. The fourth-order valence-electron chi connectivity index (χ4n) is 3.91. The minimum absolute atomic E-state index is 0.203. The lowest BCUT2D eigenvalue weighted by Crippen LogP contribution is -2.57. The first-order valence-electron chi connectivity index (χ1n) is 7.69. The van der Waals surface area contributed by atoms with E-state index in [4.69, 9.17) is 0 Å². The van der Waals surface area contributed by atoms with Crippen molar-refractivity contribution in [3.05, 3.63) is 35.4 Å². The van der Waals surface area contributed by atoms with Crippen LogP contribution in [0.2, 0.25) is 0 Å². The number of piperazine rings is 1. The standard InChI is InChI=1S/C17H24N2O/c1-12(2)19-15-7-8-16(19)11-18(10-15)17(20)14-6-4-5-13(3)9-14/h4-6,9,12,15-16H,7-8,10-11H2,1-3H3/t15-,16+. The predicted molar refractivity (Wildman–Crippen MR) is 80.9 cm³/mol. The van der Waals surface area contributed by atoms with Crippen molar-refractivity contribution in [1.82, 2.24) is 9.80 Å². The minimum Gasteiger partial charge on any atom is -0.336 e. The van der Waals surface area contributed by atoms with Crippen LogP contribution in [-0.4, -0.2) is 46.9 Å². The van der Waals surface area contributed by atoms with E-state index in [1.165, 1.54) is 12.8 Å². The summed E-state index contributed by atoms with van der Waals surface area (Å²) in [5.74, 6) is 0.203. The van der Waals surface area contributed by atoms with Gasteiger partial charge in [0.1, 0.15) is 0 Å². The molecule has 0 N–H and O–H groups in total. The zero-order chi connectivity index (χ0) is 14.3. The molecule has 0 saturated carbocycles. The third-order valence-corrected chi connectivity index (χ3v) is 4.69. The van der Waals surface area contributed by atoms with Crippen molar-refractivity contribution < 1.29 is 4.79 Å². The maximum atomic E-state index is 12.7. The zero-order valence-corrected chi connectivity index (χ0v) is 12.7. The summed E-state index contributed by atoms with van der Waals surface area (Å²) in [6.45, 7) is 8.35. The van der Waals surface area contributed by atoms with E-state index in [0.29, 0.717) is 18.1 Å². The van der Waals surface area contributed by atoms with Gasteiger partial charge in [-0.3, -0.25) is 9.69 Å². The number of rotatable bonds is 2. The highest BCUT2D eigenvalue weighted by Crippen LogP contribution is 2.32. The van der Waals surface area contributed by atoms with Gasteiger partial charge in [-0.25, -0.2) is 0 Å². The summed E-state index contributed by atoms with van der Waals surface area (Å²) in [6.07, 6.45) is 2.47. The topological polar surface area (TPSA) is 23.6 Å². The lowest BCUT2D eigenvalue weighted by molar-refractivity contribution is 0.0338. The molecule has 0 radical (unpaired) electrons. The smallest absolute Gasteiger partial charge is 0.253 e. The highest BCUT2D eigenvalue weighted by Gasteiger charge is 2.42. The van der Waals surface area contributed by atoms with E-state index in [1.54, 1.807) is 0 Å². The molecule has 1 aromatic rings. The molecule has 108 valence electrons. The molecule has 3 rings (SSSR count). The number of carbonyl (C=O) groups excluding carboxylic acids is 1. The molecule has 2 bridgehead atoms. The van der Waals surface area contributed by atoms with Crippen LogP contribution in [-0.2, 0) is 0 Å². The molecule has 2 fully saturated rings. The largest absolute Gasteiger partial charge is 0.336 e. The maximum Gasteiger partial charge on any atom is 0.253 e. The van der Waals surface area contributed by atoms with Crippen molar-refractivity contribution in [1.29, 1.82) is 0 Å². The van der Waals surface area contributed by atoms with Gasteiger partial charge in [0.15, 0.2) is 0 Å². The molecule has 3 nitrogen and oxygen atoms in total. The summed E-state index contributed by atoms with van der Waals surface area (Å²) in [5.41, 5.74) is 1.99. The SMILES string of the molecule is Cc1cccc(C(=O)N2C[C@H]3CC[C@@H](C2)N3C(C)C)c1. The van der Waals surface area contributed by atoms with E-state index >= 15 is 0 Å². The number of hydrogen-bond donors (Lipinski definition) is 0. The average molecular weight is 272 g/mol. The number of carbonyl (C=O) groups is 1. The van der Waals surface area contributed by atoms with E-state index in [1.807, 2.05) is 31.2 Å². The molecule has 2 saturated heterocycles. The monoisotopic (exact) mass is 272 g/mol. The summed E-state index contributed by atoms with van der Waals surface area (Å²) in [5, 5.41) is 0. The number of nitrogens with zero attached hydrogens (tertiary/aromatic N) is 2. The summed E-state index contributed by atoms with van der Waals surface area (Å²) < 4.78 is 0. The first-order valence-corrected chi connectivity index (χ1v) is 7.69. The first kappa shape index (κ1) is 13.6. The fraction of sp³-hybridized carbons (Fsp3) is 0.588. The lowest BCUT2D eigenvalue weighted by atomic mass is 10.1. The van der Waals surface area contributed by atoms with Gasteiger partial charge in [-0.1, -0.05) is 17.7 Å². The molecule has 2 aliphatic rings. The molecule has 20 heavy (non-hydrogen) atoms. The molecule has 1 amide bonds. The second kappa shape index (κ2) is 5.21. The molecular formula is C17H24N2O. The highest BCUT2D eigenvalue weighted by molar-refractivity contribution is 5.94. The Morgan fingerprint density at radius 2 is 1.85 bits per heavy atom. The van der Waals surface area contributed by atoms with Crippen LogP contribution in [0.15, 0.2) is 24.3 Å². The van der Waals surface area contributed by atoms with Gasteiger partial charge < -0.3 is 4.90 Å². The number of amides is 1. The summed E-state index contributed by atoms with van der Waals surface area (Å²) in [7, 11) is 0. The minimum atomic E-state index is 0.203. The second-order valence-electron chi connectivity index (χ2n) is 6.51. The molecule has 2 heterocycles. The third kappa shape index (κ3) is 2.35. The van der Waals surface area contributed by atoms with E-state index < -0.39 is 0 Å². The van der Waals surface area contributed by atoms with Crippen molar-refractivity contribution in [2.75, 3.05) is 13.1 Å². The third-order valence-electron chi connectivity index (χ3n) is 4.69. The highest BCUT2D eigenvalue weighted by atomic mass is 16.2. The van der Waals surface area contributed by atoms with Crippen molar-refractivity contribution in [3.63, 3.8) is 0 Å². The number of likely N-dealkylation sites (tertiary alicyclic amines) is 1. The maximum absolute atomic E-state index is 12.7. The molecule has 0 spiro atoms. The van der Waals surface area contributed by atoms with Crippen LogP contribution in [0.1, 0.15) is 42.6 Å². The van der Waals surface area contributed by atoms with Gasteiger partial charge >= 0.3 is 0 Å². The quantitative estimate of drug-likeness (QED) is 0.826. The van der Waals surface area contributed by atoms with Crippen molar-refractivity contribution >= 4 is 5.91 Å². The molecule has 1 aromatic carbocycles. The van der Waals surface area contributed by atoms with Gasteiger partial charge in [0.2, 0.25) is 0 Å². The van der Waals surface area contributed by atoms with E-state index in [0.717, 1.165) is 24.2 Å². The van der Waals surface area contributed by atoms with Gasteiger partial charge in [0.05, 0.1) is 0 Å². The van der Waals surface area contributed by atoms with Gasteiger partial charge in [0.25, 0.3) is 5.91 Å². The van der Waals surface area contributed by atoms with Crippen LogP contribution in [0.25, 0.3) is 0 Å². The Morgan fingerprint density at radius 1 is 1.20 bits per heavy atom. The van der Waals surface area contributed by atoms with Gasteiger partial charge in [-0.05, 0) is 45.7 Å². The Labute approximate surface area is 121 Å². The van der Waals surface area contributed by atoms with Crippen LogP contribution in [0.4, 0.5) is 0 Å². The fourth-order valence-corrected chi connectivity index (χ4v) is 3.91. The summed E-state index contributed by atoms with van der Waals surface area (Å²) in [6, 6.07) is 9.65. The lowest BCUT2D eigenvalue weighted by Gasteiger charge is -2.43. The Hall–Kier alpha value is -1.35. The molecule has 0 aromatic heterocycles. The normalized spacial score (nSPS) is 26.3. The Bertz CT molecular complexity index is 497. The van der Waals surface area contributed by atoms with Crippen LogP contribution in [0.5, 0.6) is 0 Å². The zero-order valence-electron chi connectivity index (χ0n) is 12.7. The molecule has 0 aliphatic carbocycles. The Morgan fingerprint density at radius 3 is 2.40 bits per heavy atom.